The molecule has 2 nitrogen and oxygen atoms in total. The van der Waals surface area contributed by atoms with Crippen LogP contribution in [0.4, 0.5) is 0 Å². The van der Waals surface area contributed by atoms with Gasteiger partial charge in [-0.1, -0.05) is 0 Å². The highest BCUT2D eigenvalue weighted by Gasteiger charge is 2.15. The van der Waals surface area contributed by atoms with Gasteiger partial charge in [-0.3, -0.25) is 4.79 Å². The number of hydrogen-bond acceptors (Lipinski definition) is 1. The van der Waals surface area contributed by atoms with Gasteiger partial charge in [-0.2, -0.15) is 0 Å². The van der Waals surface area contributed by atoms with Crippen LogP contribution in [0.1, 0.15) is 12.8 Å². The Kier molecular flexibility index (Phi) is 4.83. The highest BCUT2D eigenvalue weighted by atomic mass is 35.5. The first kappa shape index (κ1) is 10.0. The SMILES string of the molecule is Cl.O=C(CCl)N1CCCC1. The van der Waals surface area contributed by atoms with Crippen molar-refractivity contribution >= 4 is 29.9 Å². The Morgan fingerprint density at radius 1 is 1.40 bits per heavy atom. The van der Waals surface area contributed by atoms with Crippen LogP contribution >= 0.6 is 24.0 Å². The molecular weight excluding hydrogens is 173 g/mol. The largest absolute Gasteiger partial charge is 0.342 e. The van der Waals surface area contributed by atoms with E-state index < -0.39 is 0 Å². The van der Waals surface area contributed by atoms with Crippen molar-refractivity contribution in [2.24, 2.45) is 0 Å². The van der Waals surface area contributed by atoms with E-state index in [1.165, 1.54) is 0 Å². The van der Waals surface area contributed by atoms with Crippen LogP contribution in [0.5, 0.6) is 0 Å². The molecule has 10 heavy (non-hydrogen) atoms. The van der Waals surface area contributed by atoms with Gasteiger partial charge in [0.2, 0.25) is 5.91 Å². The van der Waals surface area contributed by atoms with Crippen LogP contribution in [-0.4, -0.2) is 29.8 Å². The second-order valence-electron chi connectivity index (χ2n) is 2.22. The van der Waals surface area contributed by atoms with Crippen molar-refractivity contribution in [1.29, 1.82) is 0 Å². The molecule has 0 bridgehead atoms. The van der Waals surface area contributed by atoms with E-state index in [9.17, 15) is 4.79 Å². The molecule has 1 aliphatic rings. The number of alkyl halides is 1. The lowest BCUT2D eigenvalue weighted by Gasteiger charge is -2.11. The highest BCUT2D eigenvalue weighted by molar-refractivity contribution is 6.27. The number of likely N-dealkylation sites (tertiary alicyclic amines) is 1. The summed E-state index contributed by atoms with van der Waals surface area (Å²) >= 11 is 5.34. The zero-order valence-electron chi connectivity index (χ0n) is 5.68. The van der Waals surface area contributed by atoms with Crippen LogP contribution in [0, 0.1) is 0 Å². The van der Waals surface area contributed by atoms with E-state index in [0.717, 1.165) is 25.9 Å². The molecule has 1 heterocycles. The molecule has 1 saturated heterocycles. The maximum Gasteiger partial charge on any atom is 0.237 e. The Morgan fingerprint density at radius 2 is 1.90 bits per heavy atom. The van der Waals surface area contributed by atoms with Gasteiger partial charge >= 0.3 is 0 Å². The van der Waals surface area contributed by atoms with E-state index in [1.54, 1.807) is 0 Å². The third kappa shape index (κ3) is 2.35. The minimum Gasteiger partial charge on any atom is -0.342 e. The number of nitrogens with zero attached hydrogens (tertiary/aromatic N) is 1. The van der Waals surface area contributed by atoms with Gasteiger partial charge in [-0.25, -0.2) is 0 Å². The van der Waals surface area contributed by atoms with E-state index in [0.29, 0.717) is 0 Å². The van der Waals surface area contributed by atoms with Crippen LogP contribution in [0.15, 0.2) is 0 Å². The summed E-state index contributed by atoms with van der Waals surface area (Å²) in [7, 11) is 0. The summed E-state index contributed by atoms with van der Waals surface area (Å²) in [6.07, 6.45) is 2.28. The van der Waals surface area contributed by atoms with Crippen molar-refractivity contribution < 1.29 is 4.79 Å². The quantitative estimate of drug-likeness (QED) is 0.562. The van der Waals surface area contributed by atoms with E-state index in [1.807, 2.05) is 4.90 Å². The first-order chi connectivity index (χ1) is 4.34. The molecular formula is C6H11Cl2NO. The number of carbonyl (C=O) groups is 1. The maximum absolute atomic E-state index is 10.8. The lowest BCUT2D eigenvalue weighted by molar-refractivity contribution is -0.127. The average Bonchev–Trinajstić information content (AvgIpc) is 2.37. The van der Waals surface area contributed by atoms with Crippen molar-refractivity contribution in [2.75, 3.05) is 19.0 Å². The molecule has 60 valence electrons. The molecule has 0 unspecified atom stereocenters. The molecule has 1 aliphatic heterocycles. The number of halogens is 2. The Balaban J connectivity index is 0.000000810. The van der Waals surface area contributed by atoms with Gasteiger partial charge in [0, 0.05) is 13.1 Å². The summed E-state index contributed by atoms with van der Waals surface area (Å²) in [6.45, 7) is 1.82. The topological polar surface area (TPSA) is 20.3 Å². The average molecular weight is 184 g/mol. The molecule has 0 aromatic rings. The fraction of sp³-hybridized carbons (Fsp3) is 0.833. The monoisotopic (exact) mass is 183 g/mol. The summed E-state index contributed by atoms with van der Waals surface area (Å²) < 4.78 is 0. The third-order valence-electron chi connectivity index (χ3n) is 1.57. The highest BCUT2D eigenvalue weighted by Crippen LogP contribution is 2.07. The van der Waals surface area contributed by atoms with Crippen molar-refractivity contribution in [3.8, 4) is 0 Å². The van der Waals surface area contributed by atoms with E-state index in [4.69, 9.17) is 11.6 Å². The van der Waals surface area contributed by atoms with Crippen molar-refractivity contribution in [3.05, 3.63) is 0 Å². The second kappa shape index (κ2) is 4.80. The fourth-order valence-electron chi connectivity index (χ4n) is 1.05. The molecule has 0 aromatic carbocycles. The van der Waals surface area contributed by atoms with E-state index >= 15 is 0 Å². The maximum atomic E-state index is 10.8. The van der Waals surface area contributed by atoms with Crippen molar-refractivity contribution in [1.82, 2.24) is 4.90 Å². The number of hydrogen-bond donors (Lipinski definition) is 0. The van der Waals surface area contributed by atoms with Crippen LogP contribution < -0.4 is 0 Å². The number of carbonyl (C=O) groups excluding carboxylic acids is 1. The van der Waals surface area contributed by atoms with Crippen LogP contribution in [0.25, 0.3) is 0 Å². The minimum atomic E-state index is 0. The summed E-state index contributed by atoms with van der Waals surface area (Å²) in [5.74, 6) is 0.217. The van der Waals surface area contributed by atoms with Gasteiger partial charge in [0.05, 0.1) is 0 Å². The number of amides is 1. The Labute approximate surface area is 71.9 Å². The summed E-state index contributed by atoms with van der Waals surface area (Å²) in [4.78, 5) is 12.6. The number of rotatable bonds is 1. The molecule has 0 radical (unpaired) electrons. The molecule has 4 heteroatoms. The van der Waals surface area contributed by atoms with Crippen molar-refractivity contribution in [2.45, 2.75) is 12.8 Å². The molecule has 0 atom stereocenters. The standard InChI is InChI=1S/C6H10ClNO.ClH/c7-5-6(9)8-3-1-2-4-8;/h1-5H2;1H. The van der Waals surface area contributed by atoms with E-state index in [2.05, 4.69) is 0 Å². The molecule has 1 amide bonds. The molecule has 0 saturated carbocycles. The summed E-state index contributed by atoms with van der Waals surface area (Å²) in [5.41, 5.74) is 0. The van der Waals surface area contributed by atoms with Crippen LogP contribution in [0.3, 0.4) is 0 Å². The van der Waals surface area contributed by atoms with Gasteiger partial charge < -0.3 is 4.90 Å². The third-order valence-corrected chi connectivity index (χ3v) is 1.80. The summed E-state index contributed by atoms with van der Waals surface area (Å²) in [6, 6.07) is 0. The molecule has 0 N–H and O–H groups in total. The zero-order chi connectivity index (χ0) is 6.69. The lowest BCUT2D eigenvalue weighted by Crippen LogP contribution is -2.28. The van der Waals surface area contributed by atoms with Gasteiger partial charge in [0.15, 0.2) is 0 Å². The van der Waals surface area contributed by atoms with Gasteiger partial charge in [-0.05, 0) is 12.8 Å². The Hall–Kier alpha value is 0.0500. The Bertz CT molecular complexity index is 112. The van der Waals surface area contributed by atoms with Gasteiger partial charge in [0.25, 0.3) is 0 Å². The van der Waals surface area contributed by atoms with Crippen LogP contribution in [-0.2, 0) is 4.79 Å². The molecule has 0 aliphatic carbocycles. The summed E-state index contributed by atoms with van der Waals surface area (Å²) in [5, 5.41) is 0. The van der Waals surface area contributed by atoms with Crippen LogP contribution in [0.2, 0.25) is 0 Å². The second-order valence-corrected chi connectivity index (χ2v) is 2.49. The predicted molar refractivity (Wildman–Crippen MR) is 43.8 cm³/mol. The minimum absolute atomic E-state index is 0. The van der Waals surface area contributed by atoms with E-state index in [-0.39, 0.29) is 24.2 Å². The molecule has 1 rings (SSSR count). The zero-order valence-corrected chi connectivity index (χ0v) is 7.25. The fourth-order valence-corrected chi connectivity index (χ4v) is 1.22. The molecule has 0 aromatic heterocycles. The predicted octanol–water partition coefficient (Wildman–Crippen LogP) is 1.27. The van der Waals surface area contributed by atoms with Crippen molar-refractivity contribution in [3.63, 3.8) is 0 Å². The smallest absolute Gasteiger partial charge is 0.237 e. The first-order valence-electron chi connectivity index (χ1n) is 3.18. The Morgan fingerprint density at radius 3 is 2.30 bits per heavy atom. The molecule has 1 fully saturated rings. The lowest BCUT2D eigenvalue weighted by atomic mass is 10.4. The first-order valence-corrected chi connectivity index (χ1v) is 3.72. The van der Waals surface area contributed by atoms with Gasteiger partial charge in [0.1, 0.15) is 5.88 Å². The normalized spacial score (nSPS) is 16.7. The van der Waals surface area contributed by atoms with Gasteiger partial charge in [-0.15, -0.1) is 24.0 Å². The molecule has 0 spiro atoms.